The third kappa shape index (κ3) is 2.30. The quantitative estimate of drug-likeness (QED) is 0.733. The van der Waals surface area contributed by atoms with Gasteiger partial charge < -0.3 is 12.9 Å². The van der Waals surface area contributed by atoms with E-state index in [0.29, 0.717) is 18.1 Å². The monoisotopic (exact) mass is 428 g/mol. The van der Waals surface area contributed by atoms with Crippen molar-refractivity contribution in [1.82, 2.24) is 0 Å². The van der Waals surface area contributed by atoms with Crippen LogP contribution in [0.2, 0.25) is 0 Å². The molecule has 1 saturated carbocycles. The number of rotatable bonds is 2. The molecule has 0 saturated heterocycles. The average Bonchev–Trinajstić information content (AvgIpc) is 2.89. The Morgan fingerprint density at radius 1 is 1.35 bits per heavy atom. The van der Waals surface area contributed by atoms with Crippen LogP contribution in [0.25, 0.3) is 0 Å². The second-order valence-electron chi connectivity index (χ2n) is 7.12. The zero-order valence-electron chi connectivity index (χ0n) is 13.0. The van der Waals surface area contributed by atoms with Gasteiger partial charge in [-0.2, -0.15) is 0 Å². The predicted octanol–water partition coefficient (Wildman–Crippen LogP) is 3.50. The summed E-state index contributed by atoms with van der Waals surface area (Å²) in [5.41, 5.74) is 2.25. The van der Waals surface area contributed by atoms with E-state index in [0.717, 1.165) is 44.3 Å². The summed E-state index contributed by atoms with van der Waals surface area (Å²) in [5, 5.41) is 9.65. The summed E-state index contributed by atoms with van der Waals surface area (Å²) in [7, 11) is 0. The molecule has 1 aliphatic heterocycles. The van der Waals surface area contributed by atoms with Crippen LogP contribution < -0.4 is 7.80 Å². The normalized spacial score (nSPS) is 32.3. The molecule has 3 atom stereocenters. The predicted molar refractivity (Wildman–Crippen MR) is 94.2 cm³/mol. The van der Waals surface area contributed by atoms with Gasteiger partial charge in [-0.25, -0.2) is 0 Å². The maximum absolute atomic E-state index is 12.6. The molecule has 23 heavy (non-hydrogen) atoms. The summed E-state index contributed by atoms with van der Waals surface area (Å²) >= 11 is 1.88. The lowest BCUT2D eigenvalue weighted by Gasteiger charge is -2.39. The minimum Gasteiger partial charge on any atom is -0.477 e. The third-order valence-electron chi connectivity index (χ3n) is 5.87. The molecule has 0 radical (unpaired) electrons. The van der Waals surface area contributed by atoms with Gasteiger partial charge in [0.1, 0.15) is 0 Å². The first-order valence-electron chi connectivity index (χ1n) is 8.45. The van der Waals surface area contributed by atoms with Crippen LogP contribution >= 0.6 is 23.0 Å². The van der Waals surface area contributed by atoms with Crippen LogP contribution in [-0.4, -0.2) is 23.6 Å². The largest absolute Gasteiger partial charge is 0.477 e. The number of benzene rings is 1. The summed E-state index contributed by atoms with van der Waals surface area (Å²) in [4.78, 5) is 12.6. The minimum absolute atomic E-state index is 0.175. The van der Waals surface area contributed by atoms with Gasteiger partial charge in [-0.1, -0.05) is 12.5 Å². The van der Waals surface area contributed by atoms with Crippen LogP contribution in [0.15, 0.2) is 12.1 Å². The summed E-state index contributed by atoms with van der Waals surface area (Å²) < 4.78 is 11.7. The van der Waals surface area contributed by atoms with Gasteiger partial charge >= 0.3 is 0 Å². The molecule has 1 N–H and O–H groups in total. The van der Waals surface area contributed by atoms with E-state index in [1.807, 2.05) is 29.1 Å². The summed E-state index contributed by atoms with van der Waals surface area (Å²) in [6, 6.07) is 4.04. The summed E-state index contributed by atoms with van der Waals surface area (Å²) in [6.07, 6.45) is 6.09. The Bertz CT molecular complexity index is 644. The van der Waals surface area contributed by atoms with Crippen LogP contribution in [0.4, 0.5) is 0 Å². The van der Waals surface area contributed by atoms with Gasteiger partial charge in [0.15, 0.2) is 46.4 Å². The van der Waals surface area contributed by atoms with Crippen molar-refractivity contribution in [3.63, 3.8) is 0 Å². The van der Waals surface area contributed by atoms with E-state index in [4.69, 9.17) is 7.80 Å². The highest BCUT2D eigenvalue weighted by molar-refractivity contribution is 14.1. The molecule has 5 heteroatoms. The number of ether oxygens (including phenoxy) is 1. The molecule has 1 aromatic carbocycles. The number of hydrogen-bond donors (Lipinski definition) is 1. The first-order valence-corrected chi connectivity index (χ1v) is 9.33. The highest BCUT2D eigenvalue weighted by Crippen LogP contribution is 2.57. The lowest BCUT2D eigenvalue weighted by atomic mass is 9.62. The summed E-state index contributed by atoms with van der Waals surface area (Å²) in [6.45, 7) is 0.218. The van der Waals surface area contributed by atoms with Gasteiger partial charge in [0.25, 0.3) is 0 Å². The van der Waals surface area contributed by atoms with Gasteiger partial charge in [0.05, 0.1) is 0 Å². The standard InChI is InChI=1S/C18H21IO4/c19-23-14-6-5-12-9-11(10-20)3-1-7-18-8-2-4-13(21)17(18)22-16(14)15(12)18/h5-6,11,17,20H,1-4,7-10H2/t11-,17+,18+/m1/s1. The molecule has 1 heterocycles. The lowest BCUT2D eigenvalue weighted by molar-refractivity contribution is -0.130. The molecule has 4 rings (SSSR count). The second-order valence-corrected chi connectivity index (χ2v) is 7.56. The van der Waals surface area contributed by atoms with E-state index < -0.39 is 0 Å². The van der Waals surface area contributed by atoms with Crippen molar-refractivity contribution in [2.75, 3.05) is 6.61 Å². The molecule has 3 aliphatic rings. The van der Waals surface area contributed by atoms with Crippen LogP contribution in [-0.2, 0) is 16.6 Å². The number of aliphatic hydroxyl groups excluding tert-OH is 1. The van der Waals surface area contributed by atoms with Crippen molar-refractivity contribution in [3.05, 3.63) is 23.3 Å². The van der Waals surface area contributed by atoms with Crippen LogP contribution in [0, 0.1) is 5.92 Å². The van der Waals surface area contributed by atoms with Crippen LogP contribution in [0.3, 0.4) is 0 Å². The van der Waals surface area contributed by atoms with Gasteiger partial charge in [-0.15, -0.1) is 0 Å². The number of carbonyl (C=O) groups excluding carboxylic acids is 1. The number of ketones is 1. The number of halogens is 1. The van der Waals surface area contributed by atoms with Gasteiger partial charge in [0, 0.05) is 24.0 Å². The molecule has 1 fully saturated rings. The molecular weight excluding hydrogens is 407 g/mol. The molecule has 124 valence electrons. The zero-order valence-corrected chi connectivity index (χ0v) is 15.2. The van der Waals surface area contributed by atoms with E-state index >= 15 is 0 Å². The topological polar surface area (TPSA) is 55.8 Å². The maximum Gasteiger partial charge on any atom is 0.192 e. The molecule has 0 unspecified atom stereocenters. The Morgan fingerprint density at radius 3 is 2.96 bits per heavy atom. The van der Waals surface area contributed by atoms with E-state index in [1.165, 1.54) is 11.1 Å². The van der Waals surface area contributed by atoms with Crippen LogP contribution in [0.1, 0.15) is 49.7 Å². The van der Waals surface area contributed by atoms with E-state index in [2.05, 4.69) is 6.07 Å². The second kappa shape index (κ2) is 5.92. The van der Waals surface area contributed by atoms with E-state index in [-0.39, 0.29) is 23.9 Å². The van der Waals surface area contributed by atoms with Gasteiger partial charge in [-0.3, -0.25) is 4.79 Å². The first-order chi connectivity index (χ1) is 11.2. The molecule has 0 aromatic heterocycles. The van der Waals surface area contributed by atoms with Crippen molar-refractivity contribution >= 4 is 28.8 Å². The molecule has 0 bridgehead atoms. The Kier molecular flexibility index (Phi) is 4.04. The Hall–Kier alpha value is -0.820. The fourth-order valence-electron chi connectivity index (χ4n) is 4.86. The number of Topliss-reactive ketones (excluding diaryl/α,β-unsaturated/α-hetero) is 1. The SMILES string of the molecule is O=C1CCC[C@@]23CCC[C@@H](CO)Cc4ccc(OI)c(c42)O[C@@H]13. The zero-order chi connectivity index (χ0) is 16.0. The molecule has 4 nitrogen and oxygen atoms in total. The van der Waals surface area contributed by atoms with E-state index in [1.54, 1.807) is 0 Å². The van der Waals surface area contributed by atoms with Crippen molar-refractivity contribution in [2.45, 2.75) is 56.5 Å². The van der Waals surface area contributed by atoms with E-state index in [9.17, 15) is 9.90 Å². The molecule has 2 aliphatic carbocycles. The molecule has 1 aromatic rings. The van der Waals surface area contributed by atoms with Gasteiger partial charge in [0.2, 0.25) is 0 Å². The van der Waals surface area contributed by atoms with Crippen molar-refractivity contribution in [2.24, 2.45) is 5.92 Å². The lowest BCUT2D eigenvalue weighted by Crippen LogP contribution is -2.47. The fourth-order valence-corrected chi connectivity index (χ4v) is 5.20. The number of hydrogen-bond acceptors (Lipinski definition) is 4. The highest BCUT2D eigenvalue weighted by Gasteiger charge is 2.55. The summed E-state index contributed by atoms with van der Waals surface area (Å²) in [5.74, 6) is 2.01. The highest BCUT2D eigenvalue weighted by atomic mass is 127. The van der Waals surface area contributed by atoms with Crippen molar-refractivity contribution < 1.29 is 17.7 Å². The molecule has 0 amide bonds. The third-order valence-corrected chi connectivity index (χ3v) is 6.34. The maximum atomic E-state index is 12.6. The Balaban J connectivity index is 1.91. The van der Waals surface area contributed by atoms with Gasteiger partial charge in [-0.05, 0) is 49.7 Å². The number of aliphatic hydroxyl groups is 1. The average molecular weight is 428 g/mol. The Labute approximate surface area is 150 Å². The number of carbonyl (C=O) groups is 1. The van der Waals surface area contributed by atoms with Crippen LogP contribution in [0.5, 0.6) is 11.5 Å². The molecular formula is C18H21IO4. The van der Waals surface area contributed by atoms with Crippen molar-refractivity contribution in [3.8, 4) is 11.5 Å². The molecule has 1 spiro atoms. The van der Waals surface area contributed by atoms with Crippen molar-refractivity contribution in [1.29, 1.82) is 0 Å². The fraction of sp³-hybridized carbons (Fsp3) is 0.611. The minimum atomic E-state index is -0.344. The first kappa shape index (κ1) is 15.7. The Morgan fingerprint density at radius 2 is 2.17 bits per heavy atom. The smallest absolute Gasteiger partial charge is 0.192 e.